The SMILES string of the molecule is CCCCOc1ccc(CNC(=O)C(C)C2CCN(S(=O)(=O)c3c(C)noc3C)CC2)cc1. The van der Waals surface area contributed by atoms with Crippen molar-refractivity contribution in [2.75, 3.05) is 19.7 Å². The molecule has 33 heavy (non-hydrogen) atoms. The molecule has 1 saturated heterocycles. The number of benzene rings is 1. The molecule has 1 aliphatic heterocycles. The molecular formula is C24H35N3O5S. The van der Waals surface area contributed by atoms with Crippen LogP contribution in [0.25, 0.3) is 0 Å². The summed E-state index contributed by atoms with van der Waals surface area (Å²) in [5.74, 6) is 1.08. The van der Waals surface area contributed by atoms with Crippen LogP contribution in [0.4, 0.5) is 0 Å². The number of aromatic nitrogens is 1. The summed E-state index contributed by atoms with van der Waals surface area (Å²) < 4.78 is 38.2. The van der Waals surface area contributed by atoms with Gasteiger partial charge >= 0.3 is 0 Å². The first-order chi connectivity index (χ1) is 15.7. The first-order valence-electron chi connectivity index (χ1n) is 11.7. The van der Waals surface area contributed by atoms with E-state index in [4.69, 9.17) is 9.26 Å². The number of carbonyl (C=O) groups is 1. The highest BCUT2D eigenvalue weighted by molar-refractivity contribution is 7.89. The number of sulfonamides is 1. The van der Waals surface area contributed by atoms with Crippen LogP contribution in [0.3, 0.4) is 0 Å². The predicted molar refractivity (Wildman–Crippen MR) is 125 cm³/mol. The van der Waals surface area contributed by atoms with Crippen LogP contribution in [0, 0.1) is 25.7 Å². The maximum absolute atomic E-state index is 13.0. The largest absolute Gasteiger partial charge is 0.494 e. The Labute approximate surface area is 196 Å². The molecule has 1 amide bonds. The van der Waals surface area contributed by atoms with Crippen molar-refractivity contribution in [2.45, 2.75) is 64.8 Å². The number of piperidine rings is 1. The molecule has 1 aliphatic rings. The van der Waals surface area contributed by atoms with Crippen LogP contribution >= 0.6 is 0 Å². The Balaban J connectivity index is 1.48. The summed E-state index contributed by atoms with van der Waals surface area (Å²) in [7, 11) is -3.64. The van der Waals surface area contributed by atoms with Crippen molar-refractivity contribution in [3.63, 3.8) is 0 Å². The molecule has 1 fully saturated rings. The van der Waals surface area contributed by atoms with Gasteiger partial charge in [0.2, 0.25) is 15.9 Å². The minimum absolute atomic E-state index is 0.00898. The van der Waals surface area contributed by atoms with Crippen molar-refractivity contribution >= 4 is 15.9 Å². The molecule has 0 spiro atoms. The first kappa shape index (κ1) is 25.2. The molecule has 1 unspecified atom stereocenters. The Bertz CT molecular complexity index is 1010. The van der Waals surface area contributed by atoms with Gasteiger partial charge in [0.25, 0.3) is 0 Å². The molecule has 2 aromatic rings. The Morgan fingerprint density at radius 1 is 1.24 bits per heavy atom. The summed E-state index contributed by atoms with van der Waals surface area (Å²) in [6.45, 7) is 9.22. The van der Waals surface area contributed by atoms with Gasteiger partial charge in [-0.05, 0) is 56.7 Å². The first-order valence-corrected chi connectivity index (χ1v) is 13.1. The van der Waals surface area contributed by atoms with Crippen LogP contribution < -0.4 is 10.1 Å². The van der Waals surface area contributed by atoms with E-state index in [1.165, 1.54) is 4.31 Å². The van der Waals surface area contributed by atoms with E-state index in [9.17, 15) is 13.2 Å². The maximum atomic E-state index is 13.0. The third-order valence-electron chi connectivity index (χ3n) is 6.34. The van der Waals surface area contributed by atoms with E-state index < -0.39 is 10.0 Å². The second-order valence-corrected chi connectivity index (χ2v) is 10.6. The maximum Gasteiger partial charge on any atom is 0.248 e. The number of nitrogens with one attached hydrogen (secondary N) is 1. The molecular weight excluding hydrogens is 442 g/mol. The number of aryl methyl sites for hydroxylation is 2. The summed E-state index contributed by atoms with van der Waals surface area (Å²) in [4.78, 5) is 12.9. The lowest BCUT2D eigenvalue weighted by Gasteiger charge is -2.33. The highest BCUT2D eigenvalue weighted by Crippen LogP contribution is 2.30. The minimum Gasteiger partial charge on any atom is -0.494 e. The minimum atomic E-state index is -3.64. The van der Waals surface area contributed by atoms with Gasteiger partial charge in [-0.25, -0.2) is 8.42 Å². The molecule has 0 saturated carbocycles. The van der Waals surface area contributed by atoms with E-state index in [1.54, 1.807) is 13.8 Å². The standard InChI is InChI=1S/C24H35N3O5S/c1-5-6-15-31-22-9-7-20(8-10-22)16-25-24(28)17(2)21-11-13-27(14-12-21)33(29,30)23-18(3)26-32-19(23)4/h7-10,17,21H,5-6,11-16H2,1-4H3,(H,25,28). The quantitative estimate of drug-likeness (QED) is 0.522. The van der Waals surface area contributed by atoms with Gasteiger partial charge < -0.3 is 14.6 Å². The molecule has 1 aromatic heterocycles. The fourth-order valence-electron chi connectivity index (χ4n) is 4.19. The zero-order valence-electron chi connectivity index (χ0n) is 20.0. The third kappa shape index (κ3) is 6.14. The molecule has 8 nitrogen and oxygen atoms in total. The fourth-order valence-corrected chi connectivity index (χ4v) is 5.95. The lowest BCUT2D eigenvalue weighted by atomic mass is 9.85. The Morgan fingerprint density at radius 3 is 2.48 bits per heavy atom. The summed E-state index contributed by atoms with van der Waals surface area (Å²) in [6, 6.07) is 7.78. The molecule has 3 rings (SSSR count). The molecule has 182 valence electrons. The average Bonchev–Trinajstić information content (AvgIpc) is 3.16. The van der Waals surface area contributed by atoms with E-state index in [-0.39, 0.29) is 22.6 Å². The van der Waals surface area contributed by atoms with Gasteiger partial charge in [-0.15, -0.1) is 0 Å². The lowest BCUT2D eigenvalue weighted by Crippen LogP contribution is -2.42. The van der Waals surface area contributed by atoms with Gasteiger partial charge in [-0.1, -0.05) is 37.6 Å². The van der Waals surface area contributed by atoms with E-state index in [0.29, 0.717) is 50.5 Å². The van der Waals surface area contributed by atoms with Crippen molar-refractivity contribution in [2.24, 2.45) is 11.8 Å². The van der Waals surface area contributed by atoms with Crippen LogP contribution in [0.5, 0.6) is 5.75 Å². The van der Waals surface area contributed by atoms with Crippen LogP contribution in [-0.2, 0) is 21.4 Å². The molecule has 9 heteroatoms. The number of rotatable bonds is 10. The van der Waals surface area contributed by atoms with Crippen molar-refractivity contribution in [3.8, 4) is 5.75 Å². The summed E-state index contributed by atoms with van der Waals surface area (Å²) in [5.41, 5.74) is 1.39. The Kier molecular flexibility index (Phi) is 8.53. The van der Waals surface area contributed by atoms with Crippen molar-refractivity contribution in [3.05, 3.63) is 41.3 Å². The summed E-state index contributed by atoms with van der Waals surface area (Å²) in [5, 5.41) is 6.78. The second-order valence-electron chi connectivity index (χ2n) is 8.75. The molecule has 2 heterocycles. The van der Waals surface area contributed by atoms with Crippen LogP contribution in [0.2, 0.25) is 0 Å². The van der Waals surface area contributed by atoms with E-state index in [0.717, 1.165) is 24.2 Å². The van der Waals surface area contributed by atoms with Gasteiger partial charge in [0.05, 0.1) is 6.61 Å². The van der Waals surface area contributed by atoms with Crippen LogP contribution in [0.1, 0.15) is 56.5 Å². The number of nitrogens with zero attached hydrogens (tertiary/aromatic N) is 2. The fraction of sp³-hybridized carbons (Fsp3) is 0.583. The summed E-state index contributed by atoms with van der Waals surface area (Å²) in [6.07, 6.45) is 3.40. The van der Waals surface area contributed by atoms with Crippen molar-refractivity contribution < 1.29 is 22.5 Å². The number of hydrogen-bond donors (Lipinski definition) is 1. The van der Waals surface area contributed by atoms with Gasteiger partial charge in [-0.2, -0.15) is 4.31 Å². The lowest BCUT2D eigenvalue weighted by molar-refractivity contribution is -0.126. The number of amides is 1. The van der Waals surface area contributed by atoms with E-state index in [2.05, 4.69) is 17.4 Å². The van der Waals surface area contributed by atoms with Crippen molar-refractivity contribution in [1.29, 1.82) is 0 Å². The topological polar surface area (TPSA) is 102 Å². The Morgan fingerprint density at radius 2 is 1.91 bits per heavy atom. The molecule has 0 bridgehead atoms. The zero-order chi connectivity index (χ0) is 24.0. The predicted octanol–water partition coefficient (Wildman–Crippen LogP) is 3.82. The molecule has 1 aromatic carbocycles. The molecule has 1 N–H and O–H groups in total. The van der Waals surface area contributed by atoms with Crippen LogP contribution in [-0.4, -0.2) is 43.5 Å². The Hall–Kier alpha value is -2.39. The zero-order valence-corrected chi connectivity index (χ0v) is 20.8. The number of carbonyl (C=O) groups excluding carboxylic acids is 1. The molecule has 1 atom stereocenters. The highest BCUT2D eigenvalue weighted by atomic mass is 32.2. The monoisotopic (exact) mass is 477 g/mol. The smallest absolute Gasteiger partial charge is 0.248 e. The van der Waals surface area contributed by atoms with Gasteiger partial charge in [-0.3, -0.25) is 4.79 Å². The van der Waals surface area contributed by atoms with Gasteiger partial charge in [0.1, 0.15) is 16.3 Å². The number of unbranched alkanes of at least 4 members (excludes halogenated alkanes) is 1. The molecule has 0 radical (unpaired) electrons. The highest BCUT2D eigenvalue weighted by Gasteiger charge is 2.36. The third-order valence-corrected chi connectivity index (χ3v) is 8.49. The van der Waals surface area contributed by atoms with Crippen molar-refractivity contribution in [1.82, 2.24) is 14.8 Å². The normalized spacial score (nSPS) is 16.5. The van der Waals surface area contributed by atoms with Gasteiger partial charge in [0, 0.05) is 25.6 Å². The van der Waals surface area contributed by atoms with Crippen LogP contribution in [0.15, 0.2) is 33.7 Å². The number of hydrogen-bond acceptors (Lipinski definition) is 6. The second kappa shape index (κ2) is 11.2. The number of ether oxygens (including phenoxy) is 1. The van der Waals surface area contributed by atoms with Gasteiger partial charge in [0.15, 0.2) is 5.76 Å². The summed E-state index contributed by atoms with van der Waals surface area (Å²) >= 11 is 0. The van der Waals surface area contributed by atoms with E-state index in [1.807, 2.05) is 31.2 Å². The molecule has 0 aliphatic carbocycles. The average molecular weight is 478 g/mol. The van der Waals surface area contributed by atoms with E-state index >= 15 is 0 Å².